The van der Waals surface area contributed by atoms with E-state index in [1.807, 2.05) is 30.3 Å². The Kier molecular flexibility index (Phi) is 4.48. The molecule has 21 heavy (non-hydrogen) atoms. The van der Waals surface area contributed by atoms with Crippen LogP contribution in [0.4, 0.5) is 0 Å². The molecule has 0 radical (unpaired) electrons. The average molecular weight is 283 g/mol. The van der Waals surface area contributed by atoms with Gasteiger partial charge in [0.05, 0.1) is 23.4 Å². The van der Waals surface area contributed by atoms with E-state index in [2.05, 4.69) is 4.98 Å². The quantitative estimate of drug-likeness (QED) is 0.637. The van der Waals surface area contributed by atoms with Crippen molar-refractivity contribution in [3.8, 4) is 11.3 Å². The standard InChI is InChI=1S/C17H17NO3/c1-4-21-17(20)14-10-15(13-8-6-5-7-9-13)18-11(2)16(14)12(3)19/h5-10H,4H2,1-3H3. The highest BCUT2D eigenvalue weighted by Gasteiger charge is 2.20. The lowest BCUT2D eigenvalue weighted by Crippen LogP contribution is -2.13. The zero-order valence-corrected chi connectivity index (χ0v) is 12.3. The van der Waals surface area contributed by atoms with E-state index in [0.29, 0.717) is 17.0 Å². The van der Waals surface area contributed by atoms with Crippen LogP contribution >= 0.6 is 0 Å². The number of hydrogen-bond donors (Lipinski definition) is 0. The van der Waals surface area contributed by atoms with Crippen LogP contribution in [-0.4, -0.2) is 23.3 Å². The predicted octanol–water partition coefficient (Wildman–Crippen LogP) is 3.44. The monoisotopic (exact) mass is 283 g/mol. The maximum atomic E-state index is 12.1. The topological polar surface area (TPSA) is 56.3 Å². The van der Waals surface area contributed by atoms with Crippen LogP contribution in [0.25, 0.3) is 11.3 Å². The largest absolute Gasteiger partial charge is 0.462 e. The van der Waals surface area contributed by atoms with Gasteiger partial charge in [-0.05, 0) is 26.8 Å². The molecule has 0 spiro atoms. The average Bonchev–Trinajstić information content (AvgIpc) is 2.47. The number of Topliss-reactive ketones (excluding diaryl/α,β-unsaturated/α-hetero) is 1. The second-order valence-electron chi connectivity index (χ2n) is 4.66. The molecule has 4 nitrogen and oxygen atoms in total. The first-order chi connectivity index (χ1) is 10.0. The Labute approximate surface area is 123 Å². The van der Waals surface area contributed by atoms with E-state index >= 15 is 0 Å². The van der Waals surface area contributed by atoms with Crippen molar-refractivity contribution < 1.29 is 14.3 Å². The highest BCUT2D eigenvalue weighted by atomic mass is 16.5. The molecular formula is C17H17NO3. The second-order valence-corrected chi connectivity index (χ2v) is 4.66. The maximum absolute atomic E-state index is 12.1. The molecule has 0 atom stereocenters. The van der Waals surface area contributed by atoms with E-state index in [4.69, 9.17) is 4.74 Å². The fourth-order valence-corrected chi connectivity index (χ4v) is 2.24. The number of esters is 1. The van der Waals surface area contributed by atoms with Crippen molar-refractivity contribution in [1.82, 2.24) is 4.98 Å². The Morgan fingerprint density at radius 3 is 2.43 bits per heavy atom. The minimum atomic E-state index is -0.495. The van der Waals surface area contributed by atoms with E-state index < -0.39 is 5.97 Å². The summed E-state index contributed by atoms with van der Waals surface area (Å²) in [4.78, 5) is 28.3. The number of ketones is 1. The lowest BCUT2D eigenvalue weighted by molar-refractivity contribution is 0.0523. The molecule has 4 heteroatoms. The Morgan fingerprint density at radius 2 is 1.86 bits per heavy atom. The molecule has 0 fully saturated rings. The van der Waals surface area contributed by atoms with Gasteiger partial charge in [-0.2, -0.15) is 0 Å². The van der Waals surface area contributed by atoms with E-state index in [1.165, 1.54) is 6.92 Å². The number of nitrogens with zero attached hydrogens (tertiary/aromatic N) is 1. The van der Waals surface area contributed by atoms with Crippen molar-refractivity contribution in [2.45, 2.75) is 20.8 Å². The molecule has 0 N–H and O–H groups in total. The minimum Gasteiger partial charge on any atom is -0.462 e. The highest BCUT2D eigenvalue weighted by Crippen LogP contribution is 2.23. The Bertz CT molecular complexity index is 678. The van der Waals surface area contributed by atoms with Crippen LogP contribution in [0.3, 0.4) is 0 Å². The first-order valence-electron chi connectivity index (χ1n) is 6.79. The van der Waals surface area contributed by atoms with Crippen LogP contribution in [0.5, 0.6) is 0 Å². The summed E-state index contributed by atoms with van der Waals surface area (Å²) in [7, 11) is 0. The zero-order chi connectivity index (χ0) is 15.4. The van der Waals surface area contributed by atoms with Crippen LogP contribution in [0, 0.1) is 6.92 Å². The van der Waals surface area contributed by atoms with Crippen molar-refractivity contribution in [3.05, 3.63) is 53.2 Å². The van der Waals surface area contributed by atoms with E-state index in [-0.39, 0.29) is 18.0 Å². The third-order valence-electron chi connectivity index (χ3n) is 3.12. The van der Waals surface area contributed by atoms with Gasteiger partial charge in [0.2, 0.25) is 0 Å². The molecule has 0 aliphatic rings. The van der Waals surface area contributed by atoms with E-state index in [9.17, 15) is 9.59 Å². The lowest BCUT2D eigenvalue weighted by Gasteiger charge is -2.11. The zero-order valence-electron chi connectivity index (χ0n) is 12.3. The van der Waals surface area contributed by atoms with Gasteiger partial charge < -0.3 is 4.74 Å². The summed E-state index contributed by atoms with van der Waals surface area (Å²) < 4.78 is 5.05. The number of aryl methyl sites for hydroxylation is 1. The third kappa shape index (κ3) is 3.16. The molecular weight excluding hydrogens is 266 g/mol. The summed E-state index contributed by atoms with van der Waals surface area (Å²) in [6.07, 6.45) is 0. The summed E-state index contributed by atoms with van der Waals surface area (Å²) in [6, 6.07) is 11.1. The summed E-state index contributed by atoms with van der Waals surface area (Å²) in [6.45, 7) is 5.15. The van der Waals surface area contributed by atoms with Gasteiger partial charge >= 0.3 is 5.97 Å². The molecule has 0 aliphatic carbocycles. The van der Waals surface area contributed by atoms with Crippen LogP contribution < -0.4 is 0 Å². The summed E-state index contributed by atoms with van der Waals surface area (Å²) in [5.74, 6) is -0.687. The van der Waals surface area contributed by atoms with Gasteiger partial charge in [-0.25, -0.2) is 4.79 Å². The summed E-state index contributed by atoms with van der Waals surface area (Å²) >= 11 is 0. The fraction of sp³-hybridized carbons (Fsp3) is 0.235. The normalized spacial score (nSPS) is 10.2. The number of hydrogen-bond acceptors (Lipinski definition) is 4. The van der Waals surface area contributed by atoms with Crippen molar-refractivity contribution in [3.63, 3.8) is 0 Å². The molecule has 0 saturated carbocycles. The highest BCUT2D eigenvalue weighted by molar-refractivity contribution is 6.06. The number of aromatic nitrogens is 1. The summed E-state index contributed by atoms with van der Waals surface area (Å²) in [5, 5.41) is 0. The second kappa shape index (κ2) is 6.31. The number of rotatable bonds is 4. The molecule has 2 rings (SSSR count). The van der Waals surface area contributed by atoms with Crippen molar-refractivity contribution in [2.24, 2.45) is 0 Å². The first kappa shape index (κ1) is 14.9. The first-order valence-corrected chi connectivity index (χ1v) is 6.79. The number of ether oxygens (including phenoxy) is 1. The van der Waals surface area contributed by atoms with Gasteiger partial charge in [-0.3, -0.25) is 9.78 Å². The van der Waals surface area contributed by atoms with E-state index in [0.717, 1.165) is 5.56 Å². The SMILES string of the molecule is CCOC(=O)c1cc(-c2ccccc2)nc(C)c1C(C)=O. The Hall–Kier alpha value is -2.49. The number of carbonyl (C=O) groups excluding carboxylic acids is 2. The Balaban J connectivity index is 2.62. The van der Waals surface area contributed by atoms with Crippen LogP contribution in [0.15, 0.2) is 36.4 Å². The molecule has 0 aliphatic heterocycles. The van der Waals surface area contributed by atoms with Crippen LogP contribution in [0.1, 0.15) is 40.3 Å². The number of carbonyl (C=O) groups is 2. The maximum Gasteiger partial charge on any atom is 0.339 e. The van der Waals surface area contributed by atoms with Gasteiger partial charge in [0.15, 0.2) is 5.78 Å². The Morgan fingerprint density at radius 1 is 1.19 bits per heavy atom. The molecule has 0 saturated heterocycles. The van der Waals surface area contributed by atoms with Gasteiger partial charge in [0.1, 0.15) is 0 Å². The lowest BCUT2D eigenvalue weighted by atomic mass is 10.00. The number of pyridine rings is 1. The minimum absolute atomic E-state index is 0.192. The van der Waals surface area contributed by atoms with Crippen molar-refractivity contribution in [1.29, 1.82) is 0 Å². The molecule has 2 aromatic rings. The summed E-state index contributed by atoms with van der Waals surface area (Å²) in [5.41, 5.74) is 2.68. The van der Waals surface area contributed by atoms with Crippen molar-refractivity contribution in [2.75, 3.05) is 6.61 Å². The van der Waals surface area contributed by atoms with Gasteiger partial charge in [-0.15, -0.1) is 0 Å². The molecule has 1 aromatic carbocycles. The van der Waals surface area contributed by atoms with Gasteiger partial charge in [0, 0.05) is 11.3 Å². The van der Waals surface area contributed by atoms with Gasteiger partial charge in [-0.1, -0.05) is 30.3 Å². The number of benzene rings is 1. The predicted molar refractivity (Wildman–Crippen MR) is 80.4 cm³/mol. The third-order valence-corrected chi connectivity index (χ3v) is 3.12. The van der Waals surface area contributed by atoms with Crippen LogP contribution in [0.2, 0.25) is 0 Å². The molecule has 0 bridgehead atoms. The van der Waals surface area contributed by atoms with Gasteiger partial charge in [0.25, 0.3) is 0 Å². The molecule has 1 heterocycles. The molecule has 0 unspecified atom stereocenters. The molecule has 108 valence electrons. The van der Waals surface area contributed by atoms with E-state index in [1.54, 1.807) is 19.9 Å². The fourth-order valence-electron chi connectivity index (χ4n) is 2.24. The molecule has 0 amide bonds. The van der Waals surface area contributed by atoms with Crippen LogP contribution in [-0.2, 0) is 4.74 Å². The van der Waals surface area contributed by atoms with Crippen molar-refractivity contribution >= 4 is 11.8 Å². The molecule has 1 aromatic heterocycles. The smallest absolute Gasteiger partial charge is 0.339 e.